The van der Waals surface area contributed by atoms with E-state index in [1.807, 2.05) is 32.6 Å². The lowest BCUT2D eigenvalue weighted by molar-refractivity contribution is -0.139. The van der Waals surface area contributed by atoms with Crippen molar-refractivity contribution in [2.24, 2.45) is 5.41 Å². The highest BCUT2D eigenvalue weighted by molar-refractivity contribution is 5.91. The summed E-state index contributed by atoms with van der Waals surface area (Å²) in [7, 11) is 0. The standard InChI is InChI=1S/C27H37FN6O/c1-7-9-18(2)23-29-24(32-14-8-15-33(17-16-32)26(35)27(4,5)6)22-19(3)31-34(25(22)30-23)21-12-10-20(28)11-13-21/h10-13,18H,7-9,14-17H2,1-6H3/t18-/m1/s1. The first-order valence-corrected chi connectivity index (χ1v) is 12.7. The molecule has 0 radical (unpaired) electrons. The fourth-order valence-corrected chi connectivity index (χ4v) is 4.76. The van der Waals surface area contributed by atoms with E-state index in [2.05, 4.69) is 18.7 Å². The van der Waals surface area contributed by atoms with E-state index in [0.29, 0.717) is 13.1 Å². The predicted octanol–water partition coefficient (Wildman–Crippen LogP) is 5.25. The molecule has 0 aliphatic carbocycles. The van der Waals surface area contributed by atoms with Crippen molar-refractivity contribution in [1.82, 2.24) is 24.6 Å². The van der Waals surface area contributed by atoms with Gasteiger partial charge in [0.15, 0.2) is 5.65 Å². The molecule has 35 heavy (non-hydrogen) atoms. The van der Waals surface area contributed by atoms with Crippen LogP contribution in [0, 0.1) is 18.2 Å². The number of benzene rings is 1. The molecule has 1 atom stereocenters. The van der Waals surface area contributed by atoms with Gasteiger partial charge in [-0.2, -0.15) is 5.10 Å². The molecule has 1 aromatic carbocycles. The molecule has 1 aliphatic heterocycles. The molecule has 188 valence electrons. The Morgan fingerprint density at radius 2 is 1.80 bits per heavy atom. The van der Waals surface area contributed by atoms with Crippen LogP contribution in [-0.4, -0.2) is 56.7 Å². The Balaban J connectivity index is 1.79. The smallest absolute Gasteiger partial charge is 0.228 e. The second kappa shape index (κ2) is 9.91. The molecule has 0 saturated carbocycles. The van der Waals surface area contributed by atoms with E-state index >= 15 is 0 Å². The van der Waals surface area contributed by atoms with Crippen molar-refractivity contribution in [3.63, 3.8) is 0 Å². The molecular formula is C27H37FN6O. The summed E-state index contributed by atoms with van der Waals surface area (Å²) in [6, 6.07) is 6.33. The van der Waals surface area contributed by atoms with E-state index in [9.17, 15) is 9.18 Å². The maximum Gasteiger partial charge on any atom is 0.228 e. The van der Waals surface area contributed by atoms with Crippen LogP contribution in [0.25, 0.3) is 16.7 Å². The summed E-state index contributed by atoms with van der Waals surface area (Å²) in [5.74, 6) is 1.78. The molecular weight excluding hydrogens is 443 g/mol. The number of halogens is 1. The molecule has 8 heteroatoms. The second-order valence-corrected chi connectivity index (χ2v) is 10.7. The summed E-state index contributed by atoms with van der Waals surface area (Å²) in [5.41, 5.74) is 1.94. The zero-order valence-electron chi connectivity index (χ0n) is 21.8. The Morgan fingerprint density at radius 3 is 2.46 bits per heavy atom. The molecule has 3 heterocycles. The van der Waals surface area contributed by atoms with Gasteiger partial charge in [0.25, 0.3) is 0 Å². The second-order valence-electron chi connectivity index (χ2n) is 10.7. The zero-order valence-corrected chi connectivity index (χ0v) is 21.8. The average Bonchev–Trinajstić information content (AvgIpc) is 2.98. The number of anilines is 1. The monoisotopic (exact) mass is 480 g/mol. The van der Waals surface area contributed by atoms with Crippen molar-refractivity contribution < 1.29 is 9.18 Å². The maximum atomic E-state index is 13.6. The summed E-state index contributed by atoms with van der Waals surface area (Å²) < 4.78 is 15.4. The molecule has 0 N–H and O–H groups in total. The number of hydrogen-bond donors (Lipinski definition) is 0. The lowest BCUT2D eigenvalue weighted by Gasteiger charge is -2.28. The van der Waals surface area contributed by atoms with Gasteiger partial charge in [-0.05, 0) is 44.0 Å². The highest BCUT2D eigenvalue weighted by Crippen LogP contribution is 2.32. The van der Waals surface area contributed by atoms with E-state index in [1.54, 1.807) is 16.8 Å². The number of rotatable bonds is 5. The molecule has 1 amide bonds. The number of carbonyl (C=O) groups is 1. The van der Waals surface area contributed by atoms with Gasteiger partial charge >= 0.3 is 0 Å². The van der Waals surface area contributed by atoms with Gasteiger partial charge in [-0.15, -0.1) is 0 Å². The Bertz CT molecular complexity index is 1200. The molecule has 1 saturated heterocycles. The first kappa shape index (κ1) is 25.1. The molecule has 1 fully saturated rings. The third kappa shape index (κ3) is 5.16. The Morgan fingerprint density at radius 1 is 1.09 bits per heavy atom. The van der Waals surface area contributed by atoms with Crippen LogP contribution in [0.2, 0.25) is 0 Å². The van der Waals surface area contributed by atoms with E-state index in [1.165, 1.54) is 12.1 Å². The predicted molar refractivity (Wildman–Crippen MR) is 138 cm³/mol. The quantitative estimate of drug-likeness (QED) is 0.499. The SMILES string of the molecule is CCC[C@@H](C)c1nc(N2CCCN(C(=O)C(C)(C)C)CC2)c2c(C)nn(-c3ccc(F)cc3)c2n1. The largest absolute Gasteiger partial charge is 0.354 e. The van der Waals surface area contributed by atoms with Gasteiger partial charge < -0.3 is 9.80 Å². The molecule has 0 bridgehead atoms. The molecule has 1 aliphatic rings. The minimum absolute atomic E-state index is 0.185. The van der Waals surface area contributed by atoms with Crippen molar-refractivity contribution >= 4 is 22.8 Å². The van der Waals surface area contributed by atoms with Crippen molar-refractivity contribution in [1.29, 1.82) is 0 Å². The summed E-state index contributed by atoms with van der Waals surface area (Å²) >= 11 is 0. The fraction of sp³-hybridized carbons (Fsp3) is 0.556. The number of amides is 1. The van der Waals surface area contributed by atoms with E-state index in [0.717, 1.165) is 66.4 Å². The van der Waals surface area contributed by atoms with E-state index in [4.69, 9.17) is 15.1 Å². The third-order valence-electron chi connectivity index (χ3n) is 6.66. The molecule has 2 aromatic heterocycles. The van der Waals surface area contributed by atoms with Crippen LogP contribution >= 0.6 is 0 Å². The summed E-state index contributed by atoms with van der Waals surface area (Å²) in [5, 5.41) is 5.71. The first-order valence-electron chi connectivity index (χ1n) is 12.7. The van der Waals surface area contributed by atoms with E-state index in [-0.39, 0.29) is 17.6 Å². The van der Waals surface area contributed by atoms with Crippen LogP contribution < -0.4 is 4.90 Å². The van der Waals surface area contributed by atoms with Gasteiger partial charge in [0.2, 0.25) is 5.91 Å². The Labute approximate surface area is 207 Å². The van der Waals surface area contributed by atoms with Crippen molar-refractivity contribution in [2.75, 3.05) is 31.1 Å². The van der Waals surface area contributed by atoms with Gasteiger partial charge in [0, 0.05) is 37.5 Å². The average molecular weight is 481 g/mol. The number of aromatic nitrogens is 4. The van der Waals surface area contributed by atoms with Crippen molar-refractivity contribution in [3.8, 4) is 5.69 Å². The topological polar surface area (TPSA) is 67.2 Å². The summed E-state index contributed by atoms with van der Waals surface area (Å²) in [6.45, 7) is 15.1. The lowest BCUT2D eigenvalue weighted by atomic mass is 9.94. The lowest BCUT2D eigenvalue weighted by Crippen LogP contribution is -2.41. The molecule has 0 spiro atoms. The Hall–Kier alpha value is -3.03. The van der Waals surface area contributed by atoms with Crippen LogP contribution in [0.15, 0.2) is 24.3 Å². The zero-order chi connectivity index (χ0) is 25.3. The van der Waals surface area contributed by atoms with Gasteiger partial charge in [0.1, 0.15) is 17.5 Å². The highest BCUT2D eigenvalue weighted by atomic mass is 19.1. The van der Waals surface area contributed by atoms with Gasteiger partial charge in [-0.25, -0.2) is 19.0 Å². The van der Waals surface area contributed by atoms with Crippen LogP contribution in [-0.2, 0) is 4.79 Å². The molecule has 3 aromatic rings. The number of aryl methyl sites for hydroxylation is 1. The number of carbonyl (C=O) groups excluding carboxylic acids is 1. The van der Waals surface area contributed by atoms with E-state index < -0.39 is 5.41 Å². The van der Waals surface area contributed by atoms with Crippen LogP contribution in [0.5, 0.6) is 0 Å². The minimum Gasteiger partial charge on any atom is -0.354 e. The number of hydrogen-bond acceptors (Lipinski definition) is 5. The van der Waals surface area contributed by atoms with Crippen LogP contribution in [0.3, 0.4) is 0 Å². The molecule has 7 nitrogen and oxygen atoms in total. The highest BCUT2D eigenvalue weighted by Gasteiger charge is 2.30. The molecule has 0 unspecified atom stereocenters. The normalized spacial score (nSPS) is 16.0. The number of fused-ring (bicyclic) bond motifs is 1. The molecule has 4 rings (SSSR count). The maximum absolute atomic E-state index is 13.6. The van der Waals surface area contributed by atoms with Gasteiger partial charge in [0.05, 0.1) is 16.8 Å². The van der Waals surface area contributed by atoms with Gasteiger partial charge in [-0.3, -0.25) is 4.79 Å². The first-order chi connectivity index (χ1) is 16.6. The summed E-state index contributed by atoms with van der Waals surface area (Å²) in [6.07, 6.45) is 2.91. The fourth-order valence-electron chi connectivity index (χ4n) is 4.76. The van der Waals surface area contributed by atoms with Crippen molar-refractivity contribution in [2.45, 2.75) is 66.7 Å². The third-order valence-corrected chi connectivity index (χ3v) is 6.66. The Kier molecular flexibility index (Phi) is 7.10. The van der Waals surface area contributed by atoms with Crippen LogP contribution in [0.1, 0.15) is 71.3 Å². The summed E-state index contributed by atoms with van der Waals surface area (Å²) in [4.78, 5) is 27.2. The minimum atomic E-state index is -0.396. The van der Waals surface area contributed by atoms with Crippen molar-refractivity contribution in [3.05, 3.63) is 41.6 Å². The van der Waals surface area contributed by atoms with Crippen LogP contribution in [0.4, 0.5) is 10.2 Å². The van der Waals surface area contributed by atoms with Gasteiger partial charge in [-0.1, -0.05) is 41.0 Å². The number of nitrogens with zero attached hydrogens (tertiary/aromatic N) is 6.